The number of benzene rings is 2. The molecule has 0 bridgehead atoms. The SMILES string of the molecule is O=[N+]([O-])c1ccc(S(=O)(=O)N(CC(F)(F)F)c2ccc(Cl)cc2)cc1. The van der Waals surface area contributed by atoms with Crippen LogP contribution in [0.3, 0.4) is 0 Å². The minimum atomic E-state index is -4.80. The largest absolute Gasteiger partial charge is 0.407 e. The summed E-state index contributed by atoms with van der Waals surface area (Å²) < 4.78 is 64.0. The molecule has 25 heavy (non-hydrogen) atoms. The lowest BCUT2D eigenvalue weighted by Gasteiger charge is -2.25. The maximum Gasteiger partial charge on any atom is 0.407 e. The highest BCUT2D eigenvalue weighted by Crippen LogP contribution is 2.30. The number of hydrogen-bond acceptors (Lipinski definition) is 4. The molecule has 134 valence electrons. The molecule has 0 aliphatic carbocycles. The number of nitro benzene ring substituents is 1. The molecule has 0 heterocycles. The Balaban J connectivity index is 2.50. The van der Waals surface area contributed by atoms with E-state index in [1.165, 1.54) is 12.1 Å². The van der Waals surface area contributed by atoms with Crippen molar-refractivity contribution in [3.63, 3.8) is 0 Å². The third-order valence-electron chi connectivity index (χ3n) is 3.07. The van der Waals surface area contributed by atoms with Gasteiger partial charge in [-0.2, -0.15) is 13.2 Å². The van der Waals surface area contributed by atoms with Crippen molar-refractivity contribution in [2.75, 3.05) is 10.8 Å². The number of anilines is 1. The molecule has 0 radical (unpaired) electrons. The Morgan fingerprint density at radius 3 is 2.00 bits per heavy atom. The van der Waals surface area contributed by atoms with Gasteiger partial charge in [-0.05, 0) is 36.4 Å². The molecular weight excluding hydrogens is 385 g/mol. The molecule has 0 aliphatic heterocycles. The van der Waals surface area contributed by atoms with Crippen molar-refractivity contribution in [1.29, 1.82) is 0 Å². The molecule has 2 rings (SSSR count). The summed E-state index contributed by atoms with van der Waals surface area (Å²) in [6, 6.07) is 8.35. The highest BCUT2D eigenvalue weighted by atomic mass is 35.5. The van der Waals surface area contributed by atoms with Crippen molar-refractivity contribution in [3.8, 4) is 0 Å². The average Bonchev–Trinajstić information content (AvgIpc) is 2.53. The molecule has 0 fully saturated rings. The Morgan fingerprint density at radius 2 is 1.56 bits per heavy atom. The van der Waals surface area contributed by atoms with E-state index in [-0.39, 0.29) is 20.7 Å². The van der Waals surface area contributed by atoms with Crippen molar-refractivity contribution in [1.82, 2.24) is 0 Å². The van der Waals surface area contributed by atoms with Gasteiger partial charge in [-0.15, -0.1) is 0 Å². The predicted octanol–water partition coefficient (Wildman–Crippen LogP) is 4.01. The summed E-state index contributed by atoms with van der Waals surface area (Å²) in [7, 11) is -4.59. The van der Waals surface area contributed by atoms with Crippen LogP contribution in [0.15, 0.2) is 53.4 Å². The number of non-ortho nitro benzene ring substituents is 1. The van der Waals surface area contributed by atoms with E-state index in [0.29, 0.717) is 0 Å². The molecule has 0 spiro atoms. The molecule has 0 saturated heterocycles. The van der Waals surface area contributed by atoms with Crippen LogP contribution in [0, 0.1) is 10.1 Å². The van der Waals surface area contributed by atoms with Gasteiger partial charge in [0, 0.05) is 17.2 Å². The van der Waals surface area contributed by atoms with Gasteiger partial charge in [-0.25, -0.2) is 8.42 Å². The smallest absolute Gasteiger partial charge is 0.258 e. The number of rotatable bonds is 5. The Labute approximate surface area is 145 Å². The monoisotopic (exact) mass is 394 g/mol. The molecule has 11 heteroatoms. The quantitative estimate of drug-likeness (QED) is 0.567. The summed E-state index contributed by atoms with van der Waals surface area (Å²) in [5.74, 6) is 0. The number of sulfonamides is 1. The van der Waals surface area contributed by atoms with Gasteiger partial charge < -0.3 is 0 Å². The summed E-state index contributed by atoms with van der Waals surface area (Å²) in [6.07, 6.45) is -4.80. The molecule has 2 aromatic carbocycles. The Bertz CT molecular complexity index is 868. The summed E-state index contributed by atoms with van der Waals surface area (Å²) in [5, 5.41) is 10.8. The van der Waals surface area contributed by atoms with Gasteiger partial charge in [-0.3, -0.25) is 14.4 Å². The van der Waals surface area contributed by atoms with Crippen LogP contribution in [-0.4, -0.2) is 26.1 Å². The van der Waals surface area contributed by atoms with Gasteiger partial charge in [0.25, 0.3) is 15.7 Å². The van der Waals surface area contributed by atoms with Gasteiger partial charge in [0.2, 0.25) is 0 Å². The van der Waals surface area contributed by atoms with Crippen LogP contribution in [-0.2, 0) is 10.0 Å². The van der Waals surface area contributed by atoms with Gasteiger partial charge >= 0.3 is 6.18 Å². The van der Waals surface area contributed by atoms with E-state index in [0.717, 1.165) is 36.4 Å². The highest BCUT2D eigenvalue weighted by Gasteiger charge is 2.37. The van der Waals surface area contributed by atoms with Crippen LogP contribution in [0.1, 0.15) is 0 Å². The minimum Gasteiger partial charge on any atom is -0.258 e. The van der Waals surface area contributed by atoms with E-state index in [1.807, 2.05) is 0 Å². The van der Waals surface area contributed by atoms with Gasteiger partial charge in [0.15, 0.2) is 0 Å². The molecule has 0 aliphatic rings. The van der Waals surface area contributed by atoms with Crippen LogP contribution in [0.25, 0.3) is 0 Å². The second-order valence-electron chi connectivity index (χ2n) is 4.85. The predicted molar refractivity (Wildman–Crippen MR) is 85.1 cm³/mol. The van der Waals surface area contributed by atoms with Crippen LogP contribution in [0.5, 0.6) is 0 Å². The summed E-state index contributed by atoms with van der Waals surface area (Å²) in [6.45, 7) is -1.76. The number of halogens is 4. The number of nitro groups is 1. The summed E-state index contributed by atoms with van der Waals surface area (Å²) >= 11 is 5.67. The minimum absolute atomic E-state index is 0.171. The third-order valence-corrected chi connectivity index (χ3v) is 5.11. The van der Waals surface area contributed by atoms with E-state index in [9.17, 15) is 31.7 Å². The first kappa shape index (κ1) is 19.0. The molecule has 0 aromatic heterocycles. The fraction of sp³-hybridized carbons (Fsp3) is 0.143. The first-order chi connectivity index (χ1) is 11.5. The van der Waals surface area contributed by atoms with Gasteiger partial charge in [0.05, 0.1) is 15.5 Å². The van der Waals surface area contributed by atoms with Crippen molar-refractivity contribution >= 4 is 33.0 Å². The van der Waals surface area contributed by atoms with Crippen LogP contribution in [0.4, 0.5) is 24.5 Å². The molecule has 0 unspecified atom stereocenters. The van der Waals surface area contributed by atoms with Crippen molar-refractivity contribution in [3.05, 3.63) is 63.7 Å². The second kappa shape index (κ2) is 6.89. The van der Waals surface area contributed by atoms with Gasteiger partial charge in [0.1, 0.15) is 6.54 Å². The molecule has 0 atom stereocenters. The molecular formula is C14H10ClF3N2O4S. The zero-order valence-corrected chi connectivity index (χ0v) is 13.8. The lowest BCUT2D eigenvalue weighted by Crippen LogP contribution is -2.39. The lowest BCUT2D eigenvalue weighted by molar-refractivity contribution is -0.384. The third kappa shape index (κ3) is 4.60. The second-order valence-corrected chi connectivity index (χ2v) is 7.15. The zero-order chi connectivity index (χ0) is 18.8. The van der Waals surface area contributed by atoms with E-state index < -0.39 is 32.6 Å². The molecule has 2 aromatic rings. The van der Waals surface area contributed by atoms with E-state index in [2.05, 4.69) is 0 Å². The molecule has 0 saturated carbocycles. The molecule has 6 nitrogen and oxygen atoms in total. The first-order valence-corrected chi connectivity index (χ1v) is 8.42. The highest BCUT2D eigenvalue weighted by molar-refractivity contribution is 7.92. The summed E-state index contributed by atoms with van der Waals surface area (Å²) in [4.78, 5) is 9.37. The molecule has 0 amide bonds. The van der Waals surface area contributed by atoms with Crippen molar-refractivity contribution < 1.29 is 26.5 Å². The standard InChI is InChI=1S/C14H10ClF3N2O4S/c15-10-1-3-11(4-2-10)19(9-14(16,17)18)25(23,24)13-7-5-12(6-8-13)20(21)22/h1-8H,9H2. The van der Waals surface area contributed by atoms with E-state index in [4.69, 9.17) is 11.6 Å². The first-order valence-electron chi connectivity index (χ1n) is 6.60. The van der Waals surface area contributed by atoms with E-state index in [1.54, 1.807) is 0 Å². The Hall–Kier alpha value is -2.33. The normalized spacial score (nSPS) is 12.0. The van der Waals surface area contributed by atoms with E-state index >= 15 is 0 Å². The fourth-order valence-corrected chi connectivity index (χ4v) is 3.53. The number of alkyl halides is 3. The van der Waals surface area contributed by atoms with Crippen LogP contribution in [0.2, 0.25) is 5.02 Å². The lowest BCUT2D eigenvalue weighted by atomic mass is 10.3. The van der Waals surface area contributed by atoms with Crippen LogP contribution < -0.4 is 4.31 Å². The average molecular weight is 395 g/mol. The van der Waals surface area contributed by atoms with Crippen molar-refractivity contribution in [2.24, 2.45) is 0 Å². The van der Waals surface area contributed by atoms with Crippen LogP contribution >= 0.6 is 11.6 Å². The maximum absolute atomic E-state index is 12.9. The van der Waals surface area contributed by atoms with Gasteiger partial charge in [-0.1, -0.05) is 11.6 Å². The maximum atomic E-state index is 12.9. The Kier molecular flexibility index (Phi) is 5.23. The number of nitrogens with zero attached hydrogens (tertiary/aromatic N) is 2. The topological polar surface area (TPSA) is 80.5 Å². The number of hydrogen-bond donors (Lipinski definition) is 0. The van der Waals surface area contributed by atoms with Crippen molar-refractivity contribution in [2.45, 2.75) is 11.1 Å². The fourth-order valence-electron chi connectivity index (χ4n) is 1.95. The zero-order valence-electron chi connectivity index (χ0n) is 12.3. The Morgan fingerprint density at radius 1 is 1.04 bits per heavy atom. The summed E-state index contributed by atoms with van der Waals surface area (Å²) in [5.41, 5.74) is -0.618. The molecule has 0 N–H and O–H groups in total.